The lowest BCUT2D eigenvalue weighted by Gasteiger charge is -2.10. The molecule has 0 aliphatic carbocycles. The fourth-order valence-electron chi connectivity index (χ4n) is 2.75. The summed E-state index contributed by atoms with van der Waals surface area (Å²) in [5.74, 6) is 0.000156. The van der Waals surface area contributed by atoms with E-state index in [0.717, 1.165) is 18.2 Å². The molecule has 142 valence electrons. The lowest BCUT2D eigenvalue weighted by Crippen LogP contribution is -2.40. The Morgan fingerprint density at radius 1 is 1.19 bits per heavy atom. The second-order valence-electron chi connectivity index (χ2n) is 5.79. The van der Waals surface area contributed by atoms with Crippen molar-refractivity contribution in [3.8, 4) is 0 Å². The van der Waals surface area contributed by atoms with Gasteiger partial charge in [0.2, 0.25) is 11.7 Å². The van der Waals surface area contributed by atoms with Crippen molar-refractivity contribution < 1.29 is 9.59 Å². The number of amides is 3. The second kappa shape index (κ2) is 8.21. The molecule has 0 radical (unpaired) electrons. The van der Waals surface area contributed by atoms with Crippen molar-refractivity contribution in [1.82, 2.24) is 29.8 Å². The number of benzene rings is 1. The number of aromatic nitrogens is 4. The van der Waals surface area contributed by atoms with E-state index >= 15 is 0 Å². The van der Waals surface area contributed by atoms with Gasteiger partial charge in [-0.25, -0.2) is 4.79 Å². The van der Waals surface area contributed by atoms with Gasteiger partial charge in [-0.2, -0.15) is 0 Å². The summed E-state index contributed by atoms with van der Waals surface area (Å²) in [5.41, 5.74) is 0.569. The van der Waals surface area contributed by atoms with E-state index in [-0.39, 0.29) is 11.3 Å². The smallest absolute Gasteiger partial charge is 0.321 e. The molecule has 0 aliphatic rings. The molecule has 2 heterocycles. The third-order valence-electron chi connectivity index (χ3n) is 3.85. The van der Waals surface area contributed by atoms with Crippen molar-refractivity contribution in [3.63, 3.8) is 0 Å². The number of nitrogens with zero attached hydrogens (tertiary/aromatic N) is 4. The van der Waals surface area contributed by atoms with Crippen LogP contribution in [0.3, 0.4) is 0 Å². The molecule has 3 rings (SSSR count). The Bertz CT molecular complexity index is 1060. The third-order valence-corrected chi connectivity index (χ3v) is 4.78. The number of fused-ring (bicyclic) bond motifs is 3. The maximum atomic E-state index is 12.8. The van der Waals surface area contributed by atoms with E-state index in [9.17, 15) is 14.4 Å². The second-order valence-corrected chi connectivity index (χ2v) is 6.73. The van der Waals surface area contributed by atoms with Crippen molar-refractivity contribution in [2.45, 2.75) is 32.0 Å². The number of carbonyl (C=O) groups is 2. The van der Waals surface area contributed by atoms with Crippen LogP contribution in [0.5, 0.6) is 0 Å². The zero-order chi connectivity index (χ0) is 19.4. The van der Waals surface area contributed by atoms with Gasteiger partial charge in [0, 0.05) is 13.1 Å². The van der Waals surface area contributed by atoms with E-state index in [1.807, 2.05) is 25.1 Å². The summed E-state index contributed by atoms with van der Waals surface area (Å²) in [6.45, 7) is 4.70. The molecule has 0 unspecified atom stereocenters. The van der Waals surface area contributed by atoms with Gasteiger partial charge in [-0.1, -0.05) is 30.8 Å². The van der Waals surface area contributed by atoms with Crippen LogP contribution in [0, 0.1) is 0 Å². The number of hydrogen-bond donors (Lipinski definition) is 2. The molecule has 0 aliphatic heterocycles. The van der Waals surface area contributed by atoms with Gasteiger partial charge < -0.3 is 5.32 Å². The highest BCUT2D eigenvalue weighted by molar-refractivity contribution is 7.99. The Labute approximate surface area is 159 Å². The Morgan fingerprint density at radius 2 is 1.96 bits per heavy atom. The monoisotopic (exact) mass is 388 g/mol. The van der Waals surface area contributed by atoms with Crippen molar-refractivity contribution >= 4 is 40.4 Å². The summed E-state index contributed by atoms with van der Waals surface area (Å²) in [6, 6.07) is 6.70. The number of nitrogens with one attached hydrogen (secondary N) is 2. The fourth-order valence-corrected chi connectivity index (χ4v) is 3.49. The normalized spacial score (nSPS) is 11.0. The Morgan fingerprint density at radius 3 is 2.70 bits per heavy atom. The highest BCUT2D eigenvalue weighted by Gasteiger charge is 2.17. The number of thioether (sulfide) groups is 1. The van der Waals surface area contributed by atoms with E-state index in [1.165, 1.54) is 0 Å². The Balaban J connectivity index is 1.97. The van der Waals surface area contributed by atoms with Gasteiger partial charge in [-0.15, -0.1) is 10.2 Å². The average molecular weight is 388 g/mol. The molecule has 0 saturated heterocycles. The van der Waals surface area contributed by atoms with Gasteiger partial charge in [0.05, 0.1) is 16.7 Å². The maximum Gasteiger partial charge on any atom is 0.321 e. The first-order chi connectivity index (χ1) is 13.1. The van der Waals surface area contributed by atoms with Gasteiger partial charge in [-0.05, 0) is 25.5 Å². The molecule has 10 heteroatoms. The minimum Gasteiger partial charge on any atom is -0.338 e. The van der Waals surface area contributed by atoms with Crippen LogP contribution in [0.25, 0.3) is 16.7 Å². The minimum absolute atomic E-state index is 0.000835. The van der Waals surface area contributed by atoms with Gasteiger partial charge in [-0.3, -0.25) is 23.9 Å². The van der Waals surface area contributed by atoms with Crippen LogP contribution in [0.15, 0.2) is 34.2 Å². The van der Waals surface area contributed by atoms with E-state index in [4.69, 9.17) is 0 Å². The number of urea groups is 1. The maximum absolute atomic E-state index is 12.8. The number of imide groups is 1. The van der Waals surface area contributed by atoms with Crippen molar-refractivity contribution in [1.29, 1.82) is 0 Å². The van der Waals surface area contributed by atoms with Gasteiger partial charge in [0.15, 0.2) is 5.16 Å². The van der Waals surface area contributed by atoms with Crippen molar-refractivity contribution in [2.24, 2.45) is 0 Å². The lowest BCUT2D eigenvalue weighted by atomic mass is 10.2. The molecule has 0 atom stereocenters. The van der Waals surface area contributed by atoms with Crippen molar-refractivity contribution in [2.75, 3.05) is 12.3 Å². The van der Waals surface area contributed by atoms with Crippen LogP contribution in [0.4, 0.5) is 4.79 Å². The molecule has 3 aromatic rings. The first-order valence-corrected chi connectivity index (χ1v) is 9.62. The first kappa shape index (κ1) is 18.9. The largest absolute Gasteiger partial charge is 0.338 e. The number of rotatable bonds is 6. The van der Waals surface area contributed by atoms with Crippen LogP contribution >= 0.6 is 11.8 Å². The van der Waals surface area contributed by atoms with Crippen LogP contribution < -0.4 is 16.2 Å². The van der Waals surface area contributed by atoms with Gasteiger partial charge in [0.1, 0.15) is 0 Å². The molecular formula is C17H20N6O3S. The summed E-state index contributed by atoms with van der Waals surface area (Å²) in [4.78, 5) is 36.1. The average Bonchev–Trinajstić information content (AvgIpc) is 3.07. The number of carbonyl (C=O) groups excluding carboxylic acids is 2. The summed E-state index contributed by atoms with van der Waals surface area (Å²) in [6.07, 6.45) is 0.776. The summed E-state index contributed by atoms with van der Waals surface area (Å²) in [7, 11) is 0. The van der Waals surface area contributed by atoms with Crippen LogP contribution in [0.2, 0.25) is 0 Å². The molecule has 2 N–H and O–H groups in total. The number of aryl methyl sites for hydroxylation is 1. The zero-order valence-corrected chi connectivity index (χ0v) is 15.9. The molecular weight excluding hydrogens is 368 g/mol. The summed E-state index contributed by atoms with van der Waals surface area (Å²) < 4.78 is 3.37. The van der Waals surface area contributed by atoms with Crippen LogP contribution in [-0.4, -0.2) is 43.4 Å². The Hall–Kier alpha value is -2.88. The topological polar surface area (TPSA) is 110 Å². The highest BCUT2D eigenvalue weighted by atomic mass is 32.2. The molecule has 0 spiro atoms. The lowest BCUT2D eigenvalue weighted by molar-refractivity contribution is -0.117. The SMILES string of the molecule is CCCn1c(=O)c2ccccc2n2c(SCC(=O)NC(=O)NCC)nnc12. The van der Waals surface area contributed by atoms with Crippen molar-refractivity contribution in [3.05, 3.63) is 34.6 Å². The van der Waals surface area contributed by atoms with E-state index in [1.54, 1.807) is 22.0 Å². The molecule has 0 bridgehead atoms. The quantitative estimate of drug-likeness (QED) is 0.618. The molecule has 1 aromatic carbocycles. The number of para-hydroxylation sites is 1. The minimum atomic E-state index is -0.531. The zero-order valence-electron chi connectivity index (χ0n) is 15.1. The molecule has 0 fully saturated rings. The predicted octanol–water partition coefficient (Wildman–Crippen LogP) is 1.39. The third kappa shape index (κ3) is 3.80. The first-order valence-electron chi connectivity index (χ1n) is 8.64. The van der Waals surface area contributed by atoms with Crippen LogP contribution in [0.1, 0.15) is 20.3 Å². The fraction of sp³-hybridized carbons (Fsp3) is 0.353. The number of hydrogen-bond acceptors (Lipinski definition) is 6. The van der Waals surface area contributed by atoms with E-state index in [0.29, 0.717) is 34.9 Å². The molecule has 9 nitrogen and oxygen atoms in total. The molecule has 0 saturated carbocycles. The van der Waals surface area contributed by atoms with Gasteiger partial charge in [0.25, 0.3) is 5.56 Å². The van der Waals surface area contributed by atoms with E-state index in [2.05, 4.69) is 20.8 Å². The summed E-state index contributed by atoms with van der Waals surface area (Å²) >= 11 is 1.15. The Kier molecular flexibility index (Phi) is 5.75. The molecule has 27 heavy (non-hydrogen) atoms. The molecule has 2 aromatic heterocycles. The van der Waals surface area contributed by atoms with Gasteiger partial charge >= 0.3 is 6.03 Å². The van der Waals surface area contributed by atoms with Crippen LogP contribution in [-0.2, 0) is 11.3 Å². The highest BCUT2D eigenvalue weighted by Crippen LogP contribution is 2.21. The predicted molar refractivity (Wildman–Crippen MR) is 103 cm³/mol. The molecule has 3 amide bonds. The summed E-state index contributed by atoms with van der Waals surface area (Å²) in [5, 5.41) is 14.1. The standard InChI is InChI=1S/C17H20N6O3S/c1-3-9-22-14(25)11-7-5-6-8-12(11)23-16(22)20-21-17(23)27-10-13(24)19-15(26)18-4-2/h5-8H,3-4,9-10H2,1-2H3,(H2,18,19,24,26). The van der Waals surface area contributed by atoms with E-state index < -0.39 is 11.9 Å².